The van der Waals surface area contributed by atoms with Crippen LogP contribution in [0.4, 0.5) is 0 Å². The zero-order chi connectivity index (χ0) is 17.7. The second kappa shape index (κ2) is 12.8. The second-order valence-electron chi connectivity index (χ2n) is 9.03. The van der Waals surface area contributed by atoms with Crippen molar-refractivity contribution in [2.24, 2.45) is 23.7 Å². The first-order chi connectivity index (χ1) is 12.3. The SMILES string of the molecule is C=CCC[C@H]1CC[C@H](/C=C/CC[C@H]2CC[C@H](CCCCC)CC2)CC1. The van der Waals surface area contributed by atoms with E-state index in [-0.39, 0.29) is 0 Å². The van der Waals surface area contributed by atoms with Crippen LogP contribution in [0.3, 0.4) is 0 Å². The lowest BCUT2D eigenvalue weighted by Gasteiger charge is -2.28. The highest BCUT2D eigenvalue weighted by atomic mass is 14.3. The first-order valence-corrected chi connectivity index (χ1v) is 11.6. The van der Waals surface area contributed by atoms with Gasteiger partial charge in [-0.1, -0.05) is 76.5 Å². The van der Waals surface area contributed by atoms with Crippen molar-refractivity contribution in [3.05, 3.63) is 24.8 Å². The molecule has 0 saturated heterocycles. The minimum atomic E-state index is 0.884. The van der Waals surface area contributed by atoms with E-state index in [1.54, 1.807) is 0 Å². The molecule has 0 aromatic rings. The van der Waals surface area contributed by atoms with Crippen molar-refractivity contribution in [2.75, 3.05) is 0 Å². The predicted octanol–water partition coefficient (Wildman–Crippen LogP) is 8.48. The van der Waals surface area contributed by atoms with Crippen molar-refractivity contribution < 1.29 is 0 Å². The van der Waals surface area contributed by atoms with Gasteiger partial charge in [0.05, 0.1) is 0 Å². The highest BCUT2D eigenvalue weighted by molar-refractivity contribution is 4.92. The van der Waals surface area contributed by atoms with E-state index < -0.39 is 0 Å². The Morgan fingerprint density at radius 2 is 1.28 bits per heavy atom. The Kier molecular flexibility index (Phi) is 10.6. The van der Waals surface area contributed by atoms with Crippen molar-refractivity contribution in [3.63, 3.8) is 0 Å². The van der Waals surface area contributed by atoms with E-state index in [1.165, 1.54) is 103 Å². The summed E-state index contributed by atoms with van der Waals surface area (Å²) in [6.45, 7) is 6.18. The summed E-state index contributed by atoms with van der Waals surface area (Å²) in [6.07, 6.45) is 30.2. The molecule has 0 heterocycles. The second-order valence-corrected chi connectivity index (χ2v) is 9.03. The van der Waals surface area contributed by atoms with E-state index in [4.69, 9.17) is 0 Å². The lowest BCUT2D eigenvalue weighted by molar-refractivity contribution is 0.249. The van der Waals surface area contributed by atoms with E-state index >= 15 is 0 Å². The predicted molar refractivity (Wildman–Crippen MR) is 113 cm³/mol. The lowest BCUT2D eigenvalue weighted by atomic mass is 9.78. The molecule has 0 unspecified atom stereocenters. The van der Waals surface area contributed by atoms with Crippen LogP contribution in [0.5, 0.6) is 0 Å². The van der Waals surface area contributed by atoms with Crippen LogP contribution in [0.1, 0.15) is 110 Å². The largest absolute Gasteiger partial charge is 0.103 e. The normalized spacial score (nSPS) is 30.6. The Labute approximate surface area is 158 Å². The summed E-state index contributed by atoms with van der Waals surface area (Å²) >= 11 is 0. The van der Waals surface area contributed by atoms with E-state index in [2.05, 4.69) is 31.7 Å². The molecule has 0 aromatic heterocycles. The Morgan fingerprint density at radius 1 is 0.720 bits per heavy atom. The molecule has 0 radical (unpaired) electrons. The fraction of sp³-hybridized carbons (Fsp3) is 0.840. The third-order valence-corrected chi connectivity index (χ3v) is 7.00. The highest BCUT2D eigenvalue weighted by Gasteiger charge is 2.21. The molecule has 0 aromatic carbocycles. The maximum Gasteiger partial charge on any atom is -0.0233 e. The summed E-state index contributed by atoms with van der Waals surface area (Å²) in [5, 5.41) is 0. The molecule has 0 heteroatoms. The number of unbranched alkanes of at least 4 members (excludes halogenated alkanes) is 2. The summed E-state index contributed by atoms with van der Waals surface area (Å²) < 4.78 is 0. The van der Waals surface area contributed by atoms with E-state index in [1.807, 2.05) is 0 Å². The Hall–Kier alpha value is -0.520. The molecule has 0 atom stereocenters. The monoisotopic (exact) mass is 344 g/mol. The molecule has 2 fully saturated rings. The van der Waals surface area contributed by atoms with Gasteiger partial charge in [0.15, 0.2) is 0 Å². The fourth-order valence-electron chi connectivity index (χ4n) is 5.14. The third-order valence-electron chi connectivity index (χ3n) is 7.00. The zero-order valence-electron chi connectivity index (χ0n) is 17.1. The van der Waals surface area contributed by atoms with Crippen LogP contribution in [0, 0.1) is 23.7 Å². The first-order valence-electron chi connectivity index (χ1n) is 11.6. The van der Waals surface area contributed by atoms with Gasteiger partial charge < -0.3 is 0 Å². The summed E-state index contributed by atoms with van der Waals surface area (Å²) in [7, 11) is 0. The van der Waals surface area contributed by atoms with Gasteiger partial charge in [0.1, 0.15) is 0 Å². The first kappa shape index (κ1) is 20.8. The third kappa shape index (κ3) is 8.61. The molecule has 144 valence electrons. The number of hydrogen-bond acceptors (Lipinski definition) is 0. The Balaban J connectivity index is 1.50. The molecule has 2 aliphatic rings. The number of hydrogen-bond donors (Lipinski definition) is 0. The van der Waals surface area contributed by atoms with E-state index in [0.29, 0.717) is 0 Å². The van der Waals surface area contributed by atoms with Gasteiger partial charge in [0.2, 0.25) is 0 Å². The van der Waals surface area contributed by atoms with Crippen molar-refractivity contribution in [1.29, 1.82) is 0 Å². The van der Waals surface area contributed by atoms with Crippen LogP contribution >= 0.6 is 0 Å². The van der Waals surface area contributed by atoms with Gasteiger partial charge in [0, 0.05) is 0 Å². The van der Waals surface area contributed by atoms with Crippen molar-refractivity contribution in [3.8, 4) is 0 Å². The Morgan fingerprint density at radius 3 is 1.88 bits per heavy atom. The summed E-state index contributed by atoms with van der Waals surface area (Å²) in [5.74, 6) is 3.96. The van der Waals surface area contributed by atoms with Crippen molar-refractivity contribution >= 4 is 0 Å². The minimum Gasteiger partial charge on any atom is -0.103 e. The van der Waals surface area contributed by atoms with Crippen molar-refractivity contribution in [1.82, 2.24) is 0 Å². The molecule has 2 rings (SSSR count). The standard InChI is InChI=1S/C25H44/c1-3-5-7-11-23-18-20-25(21-19-23)13-9-8-12-24-16-14-22(15-17-24)10-6-4-2/h4,8,12,22-25H,2-3,5-7,9-11,13-21H2,1H3/b12-8+/t22-,23-,24-,25-. The molecule has 25 heavy (non-hydrogen) atoms. The van der Waals surface area contributed by atoms with E-state index in [0.717, 1.165) is 23.7 Å². The lowest BCUT2D eigenvalue weighted by Crippen LogP contribution is -2.14. The molecular weight excluding hydrogens is 300 g/mol. The molecule has 0 bridgehead atoms. The topological polar surface area (TPSA) is 0 Å². The van der Waals surface area contributed by atoms with Crippen LogP contribution < -0.4 is 0 Å². The summed E-state index contributed by atoms with van der Waals surface area (Å²) in [6, 6.07) is 0. The molecule has 0 N–H and O–H groups in total. The van der Waals surface area contributed by atoms with Crippen LogP contribution in [-0.2, 0) is 0 Å². The maximum atomic E-state index is 3.86. The van der Waals surface area contributed by atoms with Gasteiger partial charge in [-0.3, -0.25) is 0 Å². The molecule has 0 nitrogen and oxygen atoms in total. The summed E-state index contributed by atoms with van der Waals surface area (Å²) in [4.78, 5) is 0. The molecule has 2 aliphatic carbocycles. The molecule has 0 spiro atoms. The quantitative estimate of drug-likeness (QED) is 0.260. The van der Waals surface area contributed by atoms with Crippen LogP contribution in [-0.4, -0.2) is 0 Å². The molecular formula is C25H44. The van der Waals surface area contributed by atoms with E-state index in [9.17, 15) is 0 Å². The van der Waals surface area contributed by atoms with Crippen LogP contribution in [0.2, 0.25) is 0 Å². The highest BCUT2D eigenvalue weighted by Crippen LogP contribution is 2.35. The number of allylic oxidation sites excluding steroid dienone is 3. The van der Waals surface area contributed by atoms with Gasteiger partial charge >= 0.3 is 0 Å². The summed E-state index contributed by atoms with van der Waals surface area (Å²) in [5.41, 5.74) is 0. The molecule has 2 saturated carbocycles. The zero-order valence-corrected chi connectivity index (χ0v) is 17.1. The average Bonchev–Trinajstić information content (AvgIpc) is 2.66. The smallest absolute Gasteiger partial charge is 0.0233 e. The van der Waals surface area contributed by atoms with Gasteiger partial charge in [-0.25, -0.2) is 0 Å². The van der Waals surface area contributed by atoms with Gasteiger partial charge in [0.25, 0.3) is 0 Å². The van der Waals surface area contributed by atoms with Gasteiger partial charge in [-0.15, -0.1) is 6.58 Å². The van der Waals surface area contributed by atoms with Crippen LogP contribution in [0.15, 0.2) is 24.8 Å². The fourth-order valence-corrected chi connectivity index (χ4v) is 5.14. The van der Waals surface area contributed by atoms with Gasteiger partial charge in [-0.2, -0.15) is 0 Å². The van der Waals surface area contributed by atoms with Crippen LogP contribution in [0.25, 0.3) is 0 Å². The average molecular weight is 345 g/mol. The minimum absolute atomic E-state index is 0.884. The van der Waals surface area contributed by atoms with Gasteiger partial charge in [-0.05, 0) is 75.0 Å². The number of rotatable bonds is 11. The molecule has 0 amide bonds. The maximum absolute atomic E-state index is 3.86. The molecule has 0 aliphatic heterocycles. The Bertz CT molecular complexity index is 350. The van der Waals surface area contributed by atoms with Crippen molar-refractivity contribution in [2.45, 2.75) is 110 Å².